The fourth-order valence-corrected chi connectivity index (χ4v) is 2.37. The number of para-hydroxylation sites is 1. The molecule has 0 amide bonds. The van der Waals surface area contributed by atoms with Crippen LogP contribution in [0.15, 0.2) is 35.0 Å². The lowest BCUT2D eigenvalue weighted by atomic mass is 10.1. The Morgan fingerprint density at radius 3 is 2.84 bits per heavy atom. The Hall–Kier alpha value is -1.92. The number of benzene rings is 1. The van der Waals surface area contributed by atoms with E-state index in [1.165, 1.54) is 29.5 Å². The summed E-state index contributed by atoms with van der Waals surface area (Å²) < 4.78 is 13.6. The number of hydrogen-bond donors (Lipinski definition) is 3. The molecule has 2 aromatic rings. The van der Waals surface area contributed by atoms with E-state index in [0.29, 0.717) is 5.56 Å². The number of hydrogen-bond acceptors (Lipinski definition) is 4. The number of carbonyl (C=O) groups is 1. The molecule has 1 atom stereocenters. The minimum Gasteiger partial charge on any atom is -0.478 e. The van der Waals surface area contributed by atoms with Crippen LogP contribution >= 0.6 is 11.3 Å². The number of carboxylic acid groups (broad SMARTS) is 1. The molecule has 0 aliphatic heterocycles. The van der Waals surface area contributed by atoms with E-state index in [9.17, 15) is 14.3 Å². The molecular formula is C13H12FNO3S. The number of rotatable bonds is 5. The van der Waals surface area contributed by atoms with Gasteiger partial charge in [0.15, 0.2) is 0 Å². The number of aromatic carboxylic acids is 1. The summed E-state index contributed by atoms with van der Waals surface area (Å²) in [5, 5.41) is 25.1. The molecule has 0 radical (unpaired) electrons. The predicted octanol–water partition coefficient (Wildman–Crippen LogP) is 2.73. The molecular weight excluding hydrogens is 269 g/mol. The van der Waals surface area contributed by atoms with Crippen LogP contribution in [0.1, 0.15) is 22.0 Å². The fraction of sp³-hybridized carbons (Fsp3) is 0.154. The quantitative estimate of drug-likeness (QED) is 0.788. The van der Waals surface area contributed by atoms with Gasteiger partial charge in [-0.3, -0.25) is 0 Å². The van der Waals surface area contributed by atoms with Gasteiger partial charge in [0.1, 0.15) is 5.82 Å². The van der Waals surface area contributed by atoms with Gasteiger partial charge in [0, 0.05) is 6.54 Å². The van der Waals surface area contributed by atoms with Gasteiger partial charge in [-0.25, -0.2) is 9.18 Å². The first-order valence-corrected chi connectivity index (χ1v) is 6.49. The zero-order valence-corrected chi connectivity index (χ0v) is 10.7. The first-order valence-electron chi connectivity index (χ1n) is 5.55. The highest BCUT2D eigenvalue weighted by Crippen LogP contribution is 2.22. The molecule has 0 aliphatic carbocycles. The van der Waals surface area contributed by atoms with E-state index in [-0.39, 0.29) is 17.8 Å². The molecule has 1 heterocycles. The van der Waals surface area contributed by atoms with E-state index in [0.717, 1.165) is 0 Å². The van der Waals surface area contributed by atoms with Crippen molar-refractivity contribution < 1.29 is 19.4 Å². The number of aliphatic hydroxyl groups excluding tert-OH is 1. The second-order valence-electron chi connectivity index (χ2n) is 3.92. The molecule has 0 saturated carbocycles. The maximum Gasteiger partial charge on any atom is 0.337 e. The normalized spacial score (nSPS) is 12.1. The van der Waals surface area contributed by atoms with Gasteiger partial charge in [0.2, 0.25) is 0 Å². The Bertz CT molecular complexity index is 571. The molecule has 1 unspecified atom stereocenters. The topological polar surface area (TPSA) is 69.6 Å². The van der Waals surface area contributed by atoms with Crippen LogP contribution in [0.25, 0.3) is 0 Å². The smallest absolute Gasteiger partial charge is 0.337 e. The van der Waals surface area contributed by atoms with E-state index in [1.807, 2.05) is 5.38 Å². The lowest BCUT2D eigenvalue weighted by Crippen LogP contribution is -2.15. The molecule has 1 aromatic carbocycles. The zero-order chi connectivity index (χ0) is 13.8. The molecule has 6 heteroatoms. The number of nitrogens with one attached hydrogen (secondary N) is 1. The van der Waals surface area contributed by atoms with Crippen molar-refractivity contribution in [2.75, 3.05) is 11.9 Å². The number of anilines is 1. The van der Waals surface area contributed by atoms with Crippen LogP contribution in [0.2, 0.25) is 0 Å². The molecule has 2 rings (SSSR count). The van der Waals surface area contributed by atoms with Crippen molar-refractivity contribution in [3.8, 4) is 0 Å². The van der Waals surface area contributed by atoms with E-state index >= 15 is 0 Å². The van der Waals surface area contributed by atoms with Crippen molar-refractivity contribution in [3.63, 3.8) is 0 Å². The third kappa shape index (κ3) is 3.10. The van der Waals surface area contributed by atoms with Gasteiger partial charge in [0.05, 0.1) is 17.4 Å². The third-order valence-corrected chi connectivity index (χ3v) is 3.35. The third-order valence-electron chi connectivity index (χ3n) is 2.64. The van der Waals surface area contributed by atoms with Crippen LogP contribution in [-0.2, 0) is 0 Å². The van der Waals surface area contributed by atoms with Crippen LogP contribution in [0.5, 0.6) is 0 Å². The second-order valence-corrected chi connectivity index (χ2v) is 4.70. The molecule has 19 heavy (non-hydrogen) atoms. The summed E-state index contributed by atoms with van der Waals surface area (Å²) in [7, 11) is 0. The molecule has 0 fully saturated rings. The van der Waals surface area contributed by atoms with Crippen LogP contribution in [-0.4, -0.2) is 22.7 Å². The van der Waals surface area contributed by atoms with Gasteiger partial charge in [-0.2, -0.15) is 11.3 Å². The van der Waals surface area contributed by atoms with Gasteiger partial charge in [-0.1, -0.05) is 6.07 Å². The Morgan fingerprint density at radius 2 is 2.21 bits per heavy atom. The van der Waals surface area contributed by atoms with Crippen LogP contribution < -0.4 is 5.32 Å². The summed E-state index contributed by atoms with van der Waals surface area (Å²) in [6.45, 7) is 0.0396. The monoisotopic (exact) mass is 281 g/mol. The first kappa shape index (κ1) is 13.5. The van der Waals surface area contributed by atoms with Gasteiger partial charge in [-0.15, -0.1) is 0 Å². The molecule has 3 N–H and O–H groups in total. The number of thiophene rings is 1. The van der Waals surface area contributed by atoms with Gasteiger partial charge in [-0.05, 0) is 34.5 Å². The first-order chi connectivity index (χ1) is 9.09. The minimum atomic E-state index is -1.22. The average molecular weight is 281 g/mol. The predicted molar refractivity (Wildman–Crippen MR) is 71.1 cm³/mol. The lowest BCUT2D eigenvalue weighted by molar-refractivity contribution is 0.0697. The molecule has 0 bridgehead atoms. The summed E-state index contributed by atoms with van der Waals surface area (Å²) in [5.41, 5.74) is 0.451. The molecule has 4 nitrogen and oxygen atoms in total. The summed E-state index contributed by atoms with van der Waals surface area (Å²) in [6, 6.07) is 5.58. The van der Waals surface area contributed by atoms with Crippen molar-refractivity contribution >= 4 is 23.0 Å². The van der Waals surface area contributed by atoms with E-state index < -0.39 is 17.9 Å². The average Bonchev–Trinajstić information content (AvgIpc) is 2.90. The van der Waals surface area contributed by atoms with Crippen molar-refractivity contribution in [2.24, 2.45) is 0 Å². The van der Waals surface area contributed by atoms with Crippen molar-refractivity contribution in [1.29, 1.82) is 0 Å². The molecule has 1 aromatic heterocycles. The number of carboxylic acids is 1. The Labute approximate surface area is 113 Å². The van der Waals surface area contributed by atoms with Gasteiger partial charge < -0.3 is 15.5 Å². The highest BCUT2D eigenvalue weighted by atomic mass is 32.1. The van der Waals surface area contributed by atoms with Crippen molar-refractivity contribution in [3.05, 3.63) is 52.0 Å². The number of halogens is 1. The van der Waals surface area contributed by atoms with E-state index in [1.54, 1.807) is 11.4 Å². The van der Waals surface area contributed by atoms with Crippen LogP contribution in [0, 0.1) is 5.82 Å². The van der Waals surface area contributed by atoms with E-state index in [2.05, 4.69) is 5.32 Å². The Morgan fingerprint density at radius 1 is 1.42 bits per heavy atom. The molecule has 0 saturated heterocycles. The lowest BCUT2D eigenvalue weighted by Gasteiger charge is -2.14. The standard InChI is InChI=1S/C13H12FNO3S/c14-10-3-1-2-9(13(17)18)12(10)15-6-11(16)8-4-5-19-7-8/h1-5,7,11,15-16H,6H2,(H,17,18). The SMILES string of the molecule is O=C(O)c1cccc(F)c1NCC(O)c1ccsc1. The maximum absolute atomic E-state index is 13.6. The van der Waals surface area contributed by atoms with Gasteiger partial charge >= 0.3 is 5.97 Å². The summed E-state index contributed by atoms with van der Waals surface area (Å²) in [6.07, 6.45) is -0.812. The maximum atomic E-state index is 13.6. The van der Waals surface area contributed by atoms with Crippen LogP contribution in [0.4, 0.5) is 10.1 Å². The largest absolute Gasteiger partial charge is 0.478 e. The zero-order valence-electron chi connectivity index (χ0n) is 9.84. The molecule has 0 spiro atoms. The molecule has 100 valence electrons. The fourth-order valence-electron chi connectivity index (χ4n) is 1.66. The summed E-state index contributed by atoms with van der Waals surface area (Å²) in [4.78, 5) is 11.0. The highest BCUT2D eigenvalue weighted by Gasteiger charge is 2.15. The highest BCUT2D eigenvalue weighted by molar-refractivity contribution is 7.07. The van der Waals surface area contributed by atoms with Crippen molar-refractivity contribution in [1.82, 2.24) is 0 Å². The minimum absolute atomic E-state index is 0.0396. The Balaban J connectivity index is 2.13. The second kappa shape index (κ2) is 5.81. The Kier molecular flexibility index (Phi) is 4.13. The van der Waals surface area contributed by atoms with E-state index in [4.69, 9.17) is 5.11 Å². The number of aliphatic hydroxyl groups is 1. The van der Waals surface area contributed by atoms with Crippen LogP contribution in [0.3, 0.4) is 0 Å². The van der Waals surface area contributed by atoms with Gasteiger partial charge in [0.25, 0.3) is 0 Å². The summed E-state index contributed by atoms with van der Waals surface area (Å²) in [5.74, 6) is -1.87. The summed E-state index contributed by atoms with van der Waals surface area (Å²) >= 11 is 1.44. The van der Waals surface area contributed by atoms with Crippen molar-refractivity contribution in [2.45, 2.75) is 6.10 Å². The molecule has 0 aliphatic rings.